The van der Waals surface area contributed by atoms with Crippen molar-refractivity contribution in [3.8, 4) is 5.75 Å². The Kier molecular flexibility index (Phi) is 11.2. The van der Waals surface area contributed by atoms with Gasteiger partial charge in [0.05, 0.1) is 6.61 Å². The molecule has 0 aliphatic carbocycles. The van der Waals surface area contributed by atoms with Gasteiger partial charge in [-0.25, -0.2) is 0 Å². The van der Waals surface area contributed by atoms with E-state index in [9.17, 15) is 5.11 Å². The number of rotatable bonds is 15. The fourth-order valence-corrected chi connectivity index (χ4v) is 4.43. The van der Waals surface area contributed by atoms with Gasteiger partial charge >= 0.3 is 0 Å². The summed E-state index contributed by atoms with van der Waals surface area (Å²) in [6.07, 6.45) is 1.54. The summed E-state index contributed by atoms with van der Waals surface area (Å²) < 4.78 is 11.7. The average molecular weight is 508 g/mol. The van der Waals surface area contributed by atoms with Gasteiger partial charge in [0.25, 0.3) is 0 Å². The molecule has 0 heterocycles. The van der Waals surface area contributed by atoms with E-state index in [1.807, 2.05) is 54.6 Å². The lowest BCUT2D eigenvalue weighted by Gasteiger charge is -2.17. The third-order valence-corrected chi connectivity index (χ3v) is 6.29. The van der Waals surface area contributed by atoms with Crippen LogP contribution in [0, 0.1) is 0 Å². The van der Waals surface area contributed by atoms with Crippen LogP contribution >= 0.6 is 0 Å². The summed E-state index contributed by atoms with van der Waals surface area (Å²) in [7, 11) is 0. The lowest BCUT2D eigenvalue weighted by atomic mass is 9.88. The molecule has 4 aromatic rings. The van der Waals surface area contributed by atoms with Crippen LogP contribution in [0.25, 0.3) is 11.1 Å². The summed E-state index contributed by atoms with van der Waals surface area (Å²) in [5.74, 6) is 0.845. The van der Waals surface area contributed by atoms with Crippen molar-refractivity contribution < 1.29 is 14.6 Å². The highest BCUT2D eigenvalue weighted by Gasteiger charge is 2.14. The topological polar surface area (TPSA) is 50.7 Å². The van der Waals surface area contributed by atoms with E-state index in [4.69, 9.17) is 9.47 Å². The molecular weight excluding hydrogens is 470 g/mol. The smallest absolute Gasteiger partial charge is 0.119 e. The summed E-state index contributed by atoms with van der Waals surface area (Å²) in [4.78, 5) is 0. The Balaban J connectivity index is 1.30. The number of nitrogens with one attached hydrogen (secondary N) is 1. The molecule has 4 aromatic carbocycles. The molecule has 4 rings (SSSR count). The van der Waals surface area contributed by atoms with Gasteiger partial charge in [0.2, 0.25) is 0 Å². The Morgan fingerprint density at radius 2 is 1.24 bits per heavy atom. The van der Waals surface area contributed by atoms with E-state index in [-0.39, 0.29) is 6.61 Å². The summed E-state index contributed by atoms with van der Waals surface area (Å²) in [6.45, 7) is 3.77. The zero-order valence-electron chi connectivity index (χ0n) is 21.9. The Morgan fingerprint density at radius 3 is 1.89 bits per heavy atom. The van der Waals surface area contributed by atoms with Gasteiger partial charge in [-0.1, -0.05) is 103 Å². The Hall–Kier alpha value is -3.70. The molecule has 0 spiro atoms. The van der Waals surface area contributed by atoms with E-state index in [2.05, 4.69) is 66.0 Å². The molecule has 196 valence electrons. The molecule has 0 bridgehead atoms. The standard InChI is InChI=1S/C34H37NO3/c36-24-21-33(29-13-6-2-7-14-29)34(30-15-8-3-9-16-30)31-17-19-32(20-18-31)38-26-23-35-22-10-25-37-27-28-11-4-1-5-12-28/h1-9,11-20,35-36H,10,21-27H2. The van der Waals surface area contributed by atoms with Crippen molar-refractivity contribution >= 4 is 11.1 Å². The minimum atomic E-state index is 0.0912. The minimum absolute atomic E-state index is 0.0912. The number of aliphatic hydroxyl groups is 1. The SMILES string of the molecule is OCCC(=C(c1ccccc1)c1ccc(OCCNCCCOCc2ccccc2)cc1)c1ccccc1. The molecule has 0 aromatic heterocycles. The molecule has 2 N–H and O–H groups in total. The van der Waals surface area contributed by atoms with Crippen LogP contribution in [0.3, 0.4) is 0 Å². The highest BCUT2D eigenvalue weighted by Crippen LogP contribution is 2.34. The van der Waals surface area contributed by atoms with Crippen molar-refractivity contribution in [3.05, 3.63) is 138 Å². The van der Waals surface area contributed by atoms with Crippen LogP contribution < -0.4 is 10.1 Å². The Labute approximate surface area is 226 Å². The van der Waals surface area contributed by atoms with Crippen LogP contribution in [-0.2, 0) is 11.3 Å². The average Bonchev–Trinajstić information content (AvgIpc) is 2.98. The molecule has 4 heteroatoms. The first-order valence-electron chi connectivity index (χ1n) is 13.4. The second-order valence-electron chi connectivity index (χ2n) is 9.07. The monoisotopic (exact) mass is 507 g/mol. The number of benzene rings is 4. The quantitative estimate of drug-likeness (QED) is 0.141. The summed E-state index contributed by atoms with van der Waals surface area (Å²) in [6, 6.07) is 39.2. The number of hydrogen-bond acceptors (Lipinski definition) is 4. The molecular formula is C34H37NO3. The van der Waals surface area contributed by atoms with E-state index in [0.29, 0.717) is 19.6 Å². The van der Waals surface area contributed by atoms with Crippen LogP contribution in [0.2, 0.25) is 0 Å². The van der Waals surface area contributed by atoms with Crippen LogP contribution in [0.1, 0.15) is 35.1 Å². The van der Waals surface area contributed by atoms with Gasteiger partial charge in [0.1, 0.15) is 12.4 Å². The highest BCUT2D eigenvalue weighted by atomic mass is 16.5. The largest absolute Gasteiger partial charge is 0.492 e. The first-order chi connectivity index (χ1) is 18.8. The fraction of sp³-hybridized carbons (Fsp3) is 0.235. The second kappa shape index (κ2) is 15.5. The molecule has 0 atom stereocenters. The van der Waals surface area contributed by atoms with Gasteiger partial charge in [0, 0.05) is 19.8 Å². The zero-order valence-corrected chi connectivity index (χ0v) is 21.9. The van der Waals surface area contributed by atoms with Crippen molar-refractivity contribution in [2.24, 2.45) is 0 Å². The minimum Gasteiger partial charge on any atom is -0.492 e. The lowest BCUT2D eigenvalue weighted by molar-refractivity contribution is 0.118. The predicted octanol–water partition coefficient (Wildman–Crippen LogP) is 6.60. The Morgan fingerprint density at radius 1 is 0.632 bits per heavy atom. The van der Waals surface area contributed by atoms with E-state index in [0.717, 1.165) is 59.7 Å². The lowest BCUT2D eigenvalue weighted by Crippen LogP contribution is -2.23. The van der Waals surface area contributed by atoms with Crippen molar-refractivity contribution in [2.75, 3.05) is 32.9 Å². The Bertz CT molecular complexity index is 1220. The van der Waals surface area contributed by atoms with Gasteiger partial charge in [-0.2, -0.15) is 0 Å². The normalized spacial score (nSPS) is 11.7. The highest BCUT2D eigenvalue weighted by molar-refractivity contribution is 5.98. The molecule has 0 saturated heterocycles. The number of hydrogen-bond donors (Lipinski definition) is 2. The van der Waals surface area contributed by atoms with E-state index in [1.54, 1.807) is 0 Å². The van der Waals surface area contributed by atoms with Crippen molar-refractivity contribution in [1.82, 2.24) is 5.32 Å². The van der Waals surface area contributed by atoms with Gasteiger partial charge in [-0.15, -0.1) is 0 Å². The second-order valence-corrected chi connectivity index (χ2v) is 9.07. The first kappa shape index (κ1) is 27.3. The predicted molar refractivity (Wildman–Crippen MR) is 156 cm³/mol. The molecule has 0 amide bonds. The fourth-order valence-electron chi connectivity index (χ4n) is 4.43. The molecule has 0 radical (unpaired) electrons. The summed E-state index contributed by atoms with van der Waals surface area (Å²) in [5.41, 5.74) is 6.82. The molecule has 0 aliphatic heterocycles. The molecule has 0 fully saturated rings. The van der Waals surface area contributed by atoms with Crippen LogP contribution in [0.4, 0.5) is 0 Å². The molecule has 4 nitrogen and oxygen atoms in total. The van der Waals surface area contributed by atoms with Crippen molar-refractivity contribution in [2.45, 2.75) is 19.4 Å². The molecule has 38 heavy (non-hydrogen) atoms. The van der Waals surface area contributed by atoms with Crippen molar-refractivity contribution in [1.29, 1.82) is 0 Å². The van der Waals surface area contributed by atoms with Gasteiger partial charge in [-0.3, -0.25) is 0 Å². The third-order valence-electron chi connectivity index (χ3n) is 6.29. The summed E-state index contributed by atoms with van der Waals surface area (Å²) in [5, 5.41) is 13.3. The maximum Gasteiger partial charge on any atom is 0.119 e. The maximum absolute atomic E-state index is 9.87. The van der Waals surface area contributed by atoms with E-state index in [1.165, 1.54) is 5.56 Å². The van der Waals surface area contributed by atoms with Crippen LogP contribution in [-0.4, -0.2) is 38.0 Å². The van der Waals surface area contributed by atoms with Crippen molar-refractivity contribution in [3.63, 3.8) is 0 Å². The molecule has 0 unspecified atom stereocenters. The third kappa shape index (κ3) is 8.42. The van der Waals surface area contributed by atoms with Crippen LogP contribution in [0.15, 0.2) is 115 Å². The molecule has 0 saturated carbocycles. The van der Waals surface area contributed by atoms with Gasteiger partial charge in [0.15, 0.2) is 0 Å². The number of ether oxygens (including phenoxy) is 2. The molecule has 0 aliphatic rings. The van der Waals surface area contributed by atoms with Crippen LogP contribution in [0.5, 0.6) is 5.75 Å². The van der Waals surface area contributed by atoms with E-state index < -0.39 is 0 Å². The zero-order chi connectivity index (χ0) is 26.3. The summed E-state index contributed by atoms with van der Waals surface area (Å²) >= 11 is 0. The number of aliphatic hydroxyl groups excluding tert-OH is 1. The maximum atomic E-state index is 9.87. The first-order valence-corrected chi connectivity index (χ1v) is 13.4. The van der Waals surface area contributed by atoms with Gasteiger partial charge < -0.3 is 19.9 Å². The van der Waals surface area contributed by atoms with E-state index >= 15 is 0 Å². The van der Waals surface area contributed by atoms with Gasteiger partial charge in [-0.05, 0) is 64.9 Å².